The lowest BCUT2D eigenvalue weighted by Crippen LogP contribution is -2.45. The first-order valence-electron chi connectivity index (χ1n) is 7.62. The lowest BCUT2D eigenvalue weighted by Gasteiger charge is -2.35. The number of ether oxygens (including phenoxy) is 2. The smallest absolute Gasteiger partial charge is 0.338 e. The molecule has 0 N–H and O–H groups in total. The van der Waals surface area contributed by atoms with Crippen LogP contribution in [0.1, 0.15) is 44.6 Å². The van der Waals surface area contributed by atoms with Crippen molar-refractivity contribution in [3.63, 3.8) is 0 Å². The predicted octanol–water partition coefficient (Wildman–Crippen LogP) is 3.51. The Bertz CT molecular complexity index is 408. The summed E-state index contributed by atoms with van der Waals surface area (Å²) in [5.41, 5.74) is 0.616. The Morgan fingerprint density at radius 2 is 2.10 bits per heavy atom. The number of hydrogen-bond donors (Lipinski definition) is 0. The Balaban J connectivity index is 1.92. The summed E-state index contributed by atoms with van der Waals surface area (Å²) in [7, 11) is 0. The van der Waals surface area contributed by atoms with E-state index in [0.717, 1.165) is 38.5 Å². The molecular weight excluding hydrogens is 252 g/mol. The lowest BCUT2D eigenvalue weighted by molar-refractivity contribution is -0.179. The summed E-state index contributed by atoms with van der Waals surface area (Å²) in [4.78, 5) is 12.2. The summed E-state index contributed by atoms with van der Waals surface area (Å²) in [6.07, 6.45) is 5.56. The van der Waals surface area contributed by atoms with E-state index >= 15 is 0 Å². The van der Waals surface area contributed by atoms with Crippen molar-refractivity contribution < 1.29 is 14.3 Å². The lowest BCUT2D eigenvalue weighted by atomic mass is 9.88. The highest BCUT2D eigenvalue weighted by atomic mass is 16.6. The molecule has 0 radical (unpaired) electrons. The predicted molar refractivity (Wildman–Crippen MR) is 78.5 cm³/mol. The fraction of sp³-hybridized carbons (Fsp3) is 0.588. The molecule has 1 aliphatic heterocycles. The summed E-state index contributed by atoms with van der Waals surface area (Å²) in [6, 6.07) is 10.4. The van der Waals surface area contributed by atoms with E-state index in [-0.39, 0.29) is 5.97 Å². The summed E-state index contributed by atoms with van der Waals surface area (Å²) in [5, 5.41) is 0. The summed E-state index contributed by atoms with van der Waals surface area (Å²) in [5.74, 6) is -0.173. The summed E-state index contributed by atoms with van der Waals surface area (Å²) in [6.45, 7) is 2.94. The first-order chi connectivity index (χ1) is 9.77. The molecule has 0 aromatic heterocycles. The first kappa shape index (κ1) is 15.0. The Morgan fingerprint density at radius 3 is 2.75 bits per heavy atom. The van der Waals surface area contributed by atoms with Gasteiger partial charge in [0.05, 0.1) is 6.61 Å². The molecule has 1 atom stereocenters. The van der Waals surface area contributed by atoms with Crippen LogP contribution in [0.2, 0.25) is 0 Å². The second kappa shape index (κ2) is 7.44. The molecule has 2 rings (SSSR count). The largest absolute Gasteiger partial charge is 0.464 e. The molecule has 1 heterocycles. The van der Waals surface area contributed by atoms with Crippen LogP contribution in [-0.4, -0.2) is 24.8 Å². The molecule has 0 saturated carbocycles. The van der Waals surface area contributed by atoms with Crippen LogP contribution in [-0.2, 0) is 20.7 Å². The van der Waals surface area contributed by atoms with Crippen LogP contribution in [0.4, 0.5) is 0 Å². The van der Waals surface area contributed by atoms with Crippen molar-refractivity contribution in [3.05, 3.63) is 35.9 Å². The van der Waals surface area contributed by atoms with Crippen LogP contribution in [0.15, 0.2) is 30.3 Å². The summed E-state index contributed by atoms with van der Waals surface area (Å²) < 4.78 is 11.1. The minimum atomic E-state index is -0.691. The van der Waals surface area contributed by atoms with Gasteiger partial charge in [-0.25, -0.2) is 4.79 Å². The molecule has 1 unspecified atom stereocenters. The van der Waals surface area contributed by atoms with E-state index in [0.29, 0.717) is 13.2 Å². The highest BCUT2D eigenvalue weighted by Crippen LogP contribution is 2.31. The molecule has 1 fully saturated rings. The number of carbonyl (C=O) groups is 1. The normalized spacial score (nSPS) is 22.4. The van der Waals surface area contributed by atoms with E-state index in [2.05, 4.69) is 12.1 Å². The summed E-state index contributed by atoms with van der Waals surface area (Å²) >= 11 is 0. The molecule has 1 aromatic carbocycles. The standard InChI is InChI=1S/C17H24O3/c1-2-19-16(18)17(12-6-7-14-20-17)13-8-11-15-9-4-3-5-10-15/h3-5,9-10H,2,6-8,11-14H2,1H3. The molecule has 3 nitrogen and oxygen atoms in total. The molecule has 0 bridgehead atoms. The first-order valence-corrected chi connectivity index (χ1v) is 7.62. The Labute approximate surface area is 121 Å². The molecule has 1 aromatic rings. The van der Waals surface area contributed by atoms with Gasteiger partial charge in [0.2, 0.25) is 0 Å². The fourth-order valence-electron chi connectivity index (χ4n) is 2.80. The molecular formula is C17H24O3. The van der Waals surface area contributed by atoms with Crippen molar-refractivity contribution in [2.75, 3.05) is 13.2 Å². The molecule has 20 heavy (non-hydrogen) atoms. The number of rotatable bonds is 6. The number of hydrogen-bond acceptors (Lipinski definition) is 3. The van der Waals surface area contributed by atoms with Gasteiger partial charge in [-0.15, -0.1) is 0 Å². The molecule has 110 valence electrons. The number of esters is 1. The van der Waals surface area contributed by atoms with Crippen molar-refractivity contribution in [3.8, 4) is 0 Å². The number of benzene rings is 1. The van der Waals surface area contributed by atoms with Gasteiger partial charge in [0.15, 0.2) is 5.60 Å². The van der Waals surface area contributed by atoms with E-state index in [1.165, 1.54) is 5.56 Å². The molecule has 0 amide bonds. The minimum absolute atomic E-state index is 0.173. The maximum absolute atomic E-state index is 12.2. The molecule has 1 aliphatic rings. The van der Waals surface area contributed by atoms with Gasteiger partial charge in [-0.2, -0.15) is 0 Å². The maximum atomic E-state index is 12.2. The van der Waals surface area contributed by atoms with Gasteiger partial charge in [0.1, 0.15) is 0 Å². The highest BCUT2D eigenvalue weighted by Gasteiger charge is 2.41. The SMILES string of the molecule is CCOC(=O)C1(CCCc2ccccc2)CCCCO1. The van der Waals surface area contributed by atoms with E-state index in [4.69, 9.17) is 9.47 Å². The van der Waals surface area contributed by atoms with Crippen molar-refractivity contribution in [1.82, 2.24) is 0 Å². The van der Waals surface area contributed by atoms with Gasteiger partial charge in [-0.3, -0.25) is 0 Å². The zero-order chi connectivity index (χ0) is 14.3. The van der Waals surface area contributed by atoms with Crippen molar-refractivity contribution in [2.45, 2.75) is 51.0 Å². The Kier molecular flexibility index (Phi) is 5.60. The van der Waals surface area contributed by atoms with Crippen LogP contribution in [0, 0.1) is 0 Å². The average molecular weight is 276 g/mol. The van der Waals surface area contributed by atoms with Gasteiger partial charge < -0.3 is 9.47 Å². The van der Waals surface area contributed by atoms with Crippen LogP contribution in [0.25, 0.3) is 0 Å². The van der Waals surface area contributed by atoms with Crippen LogP contribution >= 0.6 is 0 Å². The number of carbonyl (C=O) groups excluding carboxylic acids is 1. The monoisotopic (exact) mass is 276 g/mol. The third-order valence-corrected chi connectivity index (χ3v) is 3.89. The fourth-order valence-corrected chi connectivity index (χ4v) is 2.80. The topological polar surface area (TPSA) is 35.5 Å². The zero-order valence-corrected chi connectivity index (χ0v) is 12.3. The molecule has 3 heteroatoms. The Morgan fingerprint density at radius 1 is 1.30 bits per heavy atom. The van der Waals surface area contributed by atoms with Crippen molar-refractivity contribution in [2.24, 2.45) is 0 Å². The van der Waals surface area contributed by atoms with Gasteiger partial charge in [0, 0.05) is 6.61 Å². The van der Waals surface area contributed by atoms with Crippen molar-refractivity contribution in [1.29, 1.82) is 0 Å². The maximum Gasteiger partial charge on any atom is 0.338 e. The van der Waals surface area contributed by atoms with E-state index in [9.17, 15) is 4.79 Å². The third kappa shape index (κ3) is 3.83. The van der Waals surface area contributed by atoms with Gasteiger partial charge >= 0.3 is 5.97 Å². The molecule has 1 saturated heterocycles. The minimum Gasteiger partial charge on any atom is -0.464 e. The van der Waals surface area contributed by atoms with E-state index < -0.39 is 5.60 Å². The zero-order valence-electron chi connectivity index (χ0n) is 12.3. The van der Waals surface area contributed by atoms with Gasteiger partial charge in [0.25, 0.3) is 0 Å². The van der Waals surface area contributed by atoms with Gasteiger partial charge in [-0.05, 0) is 51.0 Å². The van der Waals surface area contributed by atoms with Crippen LogP contribution in [0.5, 0.6) is 0 Å². The second-order valence-corrected chi connectivity index (χ2v) is 5.36. The Hall–Kier alpha value is -1.35. The van der Waals surface area contributed by atoms with E-state index in [1.54, 1.807) is 0 Å². The van der Waals surface area contributed by atoms with E-state index in [1.807, 2.05) is 25.1 Å². The van der Waals surface area contributed by atoms with Crippen molar-refractivity contribution >= 4 is 5.97 Å². The van der Waals surface area contributed by atoms with Crippen LogP contribution < -0.4 is 0 Å². The third-order valence-electron chi connectivity index (χ3n) is 3.89. The van der Waals surface area contributed by atoms with Crippen LogP contribution in [0.3, 0.4) is 0 Å². The van der Waals surface area contributed by atoms with Gasteiger partial charge in [-0.1, -0.05) is 30.3 Å². The number of aryl methyl sites for hydroxylation is 1. The highest BCUT2D eigenvalue weighted by molar-refractivity contribution is 5.79. The second-order valence-electron chi connectivity index (χ2n) is 5.36. The molecule has 0 aliphatic carbocycles. The quantitative estimate of drug-likeness (QED) is 0.746. The molecule has 0 spiro atoms. The average Bonchev–Trinajstić information content (AvgIpc) is 2.49.